The first-order chi connectivity index (χ1) is 13.0. The lowest BCUT2D eigenvalue weighted by Gasteiger charge is -2.30. The van der Waals surface area contributed by atoms with E-state index in [9.17, 15) is 13.2 Å². The van der Waals surface area contributed by atoms with Gasteiger partial charge in [0.05, 0.1) is 16.7 Å². The van der Waals surface area contributed by atoms with Crippen molar-refractivity contribution in [3.8, 4) is 17.2 Å². The zero-order valence-corrected chi connectivity index (χ0v) is 16.6. The van der Waals surface area contributed by atoms with Gasteiger partial charge in [0.15, 0.2) is 9.84 Å². The van der Waals surface area contributed by atoms with Crippen molar-refractivity contribution in [2.75, 3.05) is 12.3 Å². The van der Waals surface area contributed by atoms with Crippen molar-refractivity contribution in [2.45, 2.75) is 30.6 Å². The molecule has 1 aromatic carbocycles. The maximum Gasteiger partial charge on any atom is 0.224 e. The van der Waals surface area contributed by atoms with Gasteiger partial charge in [0.25, 0.3) is 0 Å². The van der Waals surface area contributed by atoms with E-state index >= 15 is 0 Å². The number of nitrogens with zero attached hydrogens (tertiary/aromatic N) is 1. The average Bonchev–Trinajstić information content (AvgIpc) is 3.21. The van der Waals surface area contributed by atoms with Crippen LogP contribution in [0.4, 0.5) is 0 Å². The highest BCUT2D eigenvalue weighted by Crippen LogP contribution is 2.33. The van der Waals surface area contributed by atoms with Crippen molar-refractivity contribution >= 4 is 27.1 Å². The maximum absolute atomic E-state index is 12.9. The minimum atomic E-state index is -3.47. The van der Waals surface area contributed by atoms with Gasteiger partial charge in [-0.2, -0.15) is 16.6 Å². The van der Waals surface area contributed by atoms with Gasteiger partial charge in [-0.15, -0.1) is 0 Å². The van der Waals surface area contributed by atoms with Crippen LogP contribution in [-0.4, -0.2) is 26.6 Å². The highest BCUT2D eigenvalue weighted by atomic mass is 32.2. The Labute approximate surface area is 164 Å². The molecule has 0 bridgehead atoms. The van der Waals surface area contributed by atoms with Crippen LogP contribution < -0.4 is 5.32 Å². The van der Waals surface area contributed by atoms with Gasteiger partial charge >= 0.3 is 0 Å². The minimum Gasteiger partial charge on any atom is -0.343 e. The fourth-order valence-electron chi connectivity index (χ4n) is 3.67. The summed E-state index contributed by atoms with van der Waals surface area (Å²) in [5, 5.41) is 15.2. The molecule has 0 unspecified atom stereocenters. The maximum atomic E-state index is 12.9. The van der Waals surface area contributed by atoms with Crippen LogP contribution in [-0.2, 0) is 14.6 Å². The number of hydrogen-bond donors (Lipinski definition) is 1. The smallest absolute Gasteiger partial charge is 0.224 e. The molecule has 5 nitrogen and oxygen atoms in total. The predicted octanol–water partition coefficient (Wildman–Crippen LogP) is 3.63. The van der Waals surface area contributed by atoms with Crippen LogP contribution in [0.1, 0.15) is 25.7 Å². The van der Waals surface area contributed by atoms with E-state index in [1.54, 1.807) is 23.5 Å². The van der Waals surface area contributed by atoms with Crippen LogP contribution in [0.5, 0.6) is 0 Å². The van der Waals surface area contributed by atoms with Crippen LogP contribution in [0.25, 0.3) is 11.1 Å². The zero-order chi connectivity index (χ0) is 19.3. The third kappa shape index (κ3) is 4.76. The summed E-state index contributed by atoms with van der Waals surface area (Å²) in [5.74, 6) is -0.787. The van der Waals surface area contributed by atoms with Gasteiger partial charge in [0, 0.05) is 5.92 Å². The molecule has 1 aromatic heterocycles. The quantitative estimate of drug-likeness (QED) is 0.748. The lowest BCUT2D eigenvalue weighted by Crippen LogP contribution is -2.39. The molecule has 0 aliphatic heterocycles. The van der Waals surface area contributed by atoms with E-state index in [4.69, 9.17) is 5.26 Å². The molecule has 0 saturated heterocycles. The summed E-state index contributed by atoms with van der Waals surface area (Å²) >= 11 is 1.60. The lowest BCUT2D eigenvalue weighted by atomic mass is 9.80. The molecule has 1 fully saturated rings. The van der Waals surface area contributed by atoms with E-state index in [1.807, 2.05) is 35.0 Å². The monoisotopic (exact) mass is 402 g/mol. The molecule has 1 saturated carbocycles. The molecule has 1 aliphatic carbocycles. The van der Waals surface area contributed by atoms with Gasteiger partial charge < -0.3 is 5.32 Å². The van der Waals surface area contributed by atoms with Gasteiger partial charge in [-0.3, -0.25) is 4.79 Å². The summed E-state index contributed by atoms with van der Waals surface area (Å²) in [6.45, 7) is -0.0428. The fraction of sp³-hybridized carbons (Fsp3) is 0.400. The molecule has 3 rings (SSSR count). The number of amides is 1. The number of sulfone groups is 1. The Morgan fingerprint density at radius 3 is 2.56 bits per heavy atom. The van der Waals surface area contributed by atoms with Crippen LogP contribution in [0, 0.1) is 23.2 Å². The number of hydrogen-bond acceptors (Lipinski definition) is 5. The number of thiophene rings is 1. The highest BCUT2D eigenvalue weighted by Gasteiger charge is 2.34. The largest absolute Gasteiger partial charge is 0.343 e. The van der Waals surface area contributed by atoms with Crippen molar-refractivity contribution in [3.63, 3.8) is 0 Å². The average molecular weight is 403 g/mol. The molecule has 1 aliphatic rings. The molecule has 2 atom stereocenters. The van der Waals surface area contributed by atoms with E-state index in [0.29, 0.717) is 11.3 Å². The number of carbonyl (C=O) groups excluding carboxylic acids is 1. The van der Waals surface area contributed by atoms with Crippen LogP contribution in [0.2, 0.25) is 0 Å². The molecule has 142 valence electrons. The van der Waals surface area contributed by atoms with E-state index in [-0.39, 0.29) is 30.0 Å². The zero-order valence-electron chi connectivity index (χ0n) is 14.9. The normalized spacial score (nSPS) is 20.0. The van der Waals surface area contributed by atoms with Crippen molar-refractivity contribution in [1.82, 2.24) is 5.32 Å². The topological polar surface area (TPSA) is 87.0 Å². The first-order valence-corrected chi connectivity index (χ1v) is 11.6. The highest BCUT2D eigenvalue weighted by molar-refractivity contribution is 7.91. The summed E-state index contributed by atoms with van der Waals surface area (Å²) in [5.41, 5.74) is 2.06. The first kappa shape index (κ1) is 19.6. The first-order valence-electron chi connectivity index (χ1n) is 9.01. The standard InChI is InChI=1S/C20H22N2O3S2/c21-10-11-22-20(23)19-4-2-1-3-17(19)14-27(24,25)18-7-5-15(6-8-18)16-9-12-26-13-16/h5-9,12-13,17,19H,1-4,11,14H2,(H,22,23)/t17-,19+/m0/s1. The Morgan fingerprint density at radius 2 is 1.89 bits per heavy atom. The number of carbonyl (C=O) groups is 1. The molecule has 1 amide bonds. The van der Waals surface area contributed by atoms with Gasteiger partial charge in [-0.1, -0.05) is 25.0 Å². The molecule has 2 aromatic rings. The summed E-state index contributed by atoms with van der Waals surface area (Å²) in [6, 6.07) is 10.8. The minimum absolute atomic E-state index is 0.0323. The Hall–Kier alpha value is -2.17. The summed E-state index contributed by atoms with van der Waals surface area (Å²) < 4.78 is 25.8. The summed E-state index contributed by atoms with van der Waals surface area (Å²) in [7, 11) is -3.47. The Bertz CT molecular complexity index is 913. The lowest BCUT2D eigenvalue weighted by molar-refractivity contribution is -0.127. The van der Waals surface area contributed by atoms with E-state index in [1.165, 1.54) is 0 Å². The molecule has 1 N–H and O–H groups in total. The second kappa shape index (κ2) is 8.68. The molecule has 27 heavy (non-hydrogen) atoms. The molecular formula is C20H22N2O3S2. The van der Waals surface area contributed by atoms with Gasteiger partial charge in [0.1, 0.15) is 6.54 Å². The van der Waals surface area contributed by atoms with Crippen LogP contribution >= 0.6 is 11.3 Å². The number of rotatable bonds is 6. The van der Waals surface area contributed by atoms with E-state index < -0.39 is 9.84 Å². The van der Waals surface area contributed by atoms with Crippen LogP contribution in [0.15, 0.2) is 46.0 Å². The Morgan fingerprint density at radius 1 is 1.15 bits per heavy atom. The van der Waals surface area contributed by atoms with Crippen molar-refractivity contribution in [3.05, 3.63) is 41.1 Å². The van der Waals surface area contributed by atoms with Gasteiger partial charge in [-0.25, -0.2) is 8.42 Å². The fourth-order valence-corrected chi connectivity index (χ4v) is 6.04. The molecule has 0 radical (unpaired) electrons. The van der Waals surface area contributed by atoms with Crippen LogP contribution in [0.3, 0.4) is 0 Å². The second-order valence-electron chi connectivity index (χ2n) is 6.84. The summed E-state index contributed by atoms with van der Waals surface area (Å²) in [6.07, 6.45) is 3.24. The predicted molar refractivity (Wildman–Crippen MR) is 106 cm³/mol. The number of nitrogens with one attached hydrogen (secondary N) is 1. The van der Waals surface area contributed by atoms with Crippen molar-refractivity contribution in [1.29, 1.82) is 5.26 Å². The Balaban J connectivity index is 1.74. The molecule has 7 heteroatoms. The number of benzene rings is 1. The van der Waals surface area contributed by atoms with Crippen molar-refractivity contribution < 1.29 is 13.2 Å². The molecule has 0 spiro atoms. The van der Waals surface area contributed by atoms with Gasteiger partial charge in [-0.05, 0) is 58.8 Å². The van der Waals surface area contributed by atoms with E-state index in [2.05, 4.69) is 5.32 Å². The Kier molecular flexibility index (Phi) is 6.30. The van der Waals surface area contributed by atoms with Gasteiger partial charge in [0.2, 0.25) is 5.91 Å². The summed E-state index contributed by atoms with van der Waals surface area (Å²) in [4.78, 5) is 12.6. The van der Waals surface area contributed by atoms with E-state index in [0.717, 1.165) is 30.4 Å². The second-order valence-corrected chi connectivity index (χ2v) is 9.66. The van der Waals surface area contributed by atoms with Crippen molar-refractivity contribution in [2.24, 2.45) is 11.8 Å². The molecular weight excluding hydrogens is 380 g/mol. The molecule has 1 heterocycles. The number of nitriles is 1. The third-order valence-corrected chi connectivity index (χ3v) is 7.63. The third-order valence-electron chi connectivity index (χ3n) is 5.09. The SMILES string of the molecule is N#CCNC(=O)[C@@H]1CCCC[C@H]1CS(=O)(=O)c1ccc(-c2ccsc2)cc1.